The quantitative estimate of drug-likeness (QED) is 0.414. The first kappa shape index (κ1) is 11.9. The van der Waals surface area contributed by atoms with Crippen LogP contribution in [0.4, 0.5) is 0 Å². The Kier molecular flexibility index (Phi) is 3.98. The summed E-state index contributed by atoms with van der Waals surface area (Å²) in [6.45, 7) is 0.935. The molecule has 1 aliphatic rings. The Morgan fingerprint density at radius 1 is 1.35 bits per heavy atom. The molecule has 0 atom stereocenters. The number of methoxy groups -OCH3 is 1. The molecular formula is C13H16O4. The number of carbonyl (C=O) groups is 1. The number of ether oxygens (including phenoxy) is 3. The summed E-state index contributed by atoms with van der Waals surface area (Å²) >= 11 is 0. The molecule has 0 radical (unpaired) electrons. The van der Waals surface area contributed by atoms with Gasteiger partial charge in [0.2, 0.25) is 0 Å². The summed E-state index contributed by atoms with van der Waals surface area (Å²) in [5, 5.41) is 0. The molecular weight excluding hydrogens is 220 g/mol. The van der Waals surface area contributed by atoms with Gasteiger partial charge in [0.25, 0.3) is 0 Å². The summed E-state index contributed by atoms with van der Waals surface area (Å²) in [5.74, 6) is 1.85. The molecule has 1 aromatic rings. The van der Waals surface area contributed by atoms with Gasteiger partial charge in [0.05, 0.1) is 13.7 Å². The highest BCUT2D eigenvalue weighted by atomic mass is 16.7. The third kappa shape index (κ3) is 3.46. The molecule has 1 fully saturated rings. The molecule has 0 amide bonds. The van der Waals surface area contributed by atoms with Crippen LogP contribution >= 0.6 is 0 Å². The topological polar surface area (TPSA) is 44.8 Å². The van der Waals surface area contributed by atoms with Gasteiger partial charge in [-0.2, -0.15) is 0 Å². The van der Waals surface area contributed by atoms with E-state index in [1.54, 1.807) is 25.3 Å². The predicted molar refractivity (Wildman–Crippen MR) is 62.6 cm³/mol. The monoisotopic (exact) mass is 236 g/mol. The van der Waals surface area contributed by atoms with Gasteiger partial charge >= 0.3 is 0 Å². The summed E-state index contributed by atoms with van der Waals surface area (Å²) in [6, 6.07) is 5.04. The number of rotatable bonds is 7. The fourth-order valence-electron chi connectivity index (χ4n) is 1.48. The lowest BCUT2D eigenvalue weighted by Crippen LogP contribution is -2.06. The van der Waals surface area contributed by atoms with Gasteiger partial charge in [-0.3, -0.25) is 4.79 Å². The molecule has 0 aliphatic heterocycles. The van der Waals surface area contributed by atoms with Crippen LogP contribution in [0.5, 0.6) is 11.5 Å². The Hall–Kier alpha value is -1.55. The second kappa shape index (κ2) is 5.68. The molecule has 1 saturated carbocycles. The zero-order valence-corrected chi connectivity index (χ0v) is 9.85. The lowest BCUT2D eigenvalue weighted by atomic mass is 10.2. The van der Waals surface area contributed by atoms with E-state index in [-0.39, 0.29) is 6.79 Å². The maximum atomic E-state index is 10.7. The van der Waals surface area contributed by atoms with Gasteiger partial charge in [-0.15, -0.1) is 0 Å². The van der Waals surface area contributed by atoms with E-state index < -0.39 is 0 Å². The number of hydrogen-bond acceptors (Lipinski definition) is 4. The summed E-state index contributed by atoms with van der Waals surface area (Å²) in [6.07, 6.45) is 3.28. The van der Waals surface area contributed by atoms with Crippen LogP contribution in [-0.4, -0.2) is 26.8 Å². The van der Waals surface area contributed by atoms with Gasteiger partial charge in [0.1, 0.15) is 6.29 Å². The molecule has 92 valence electrons. The third-order valence-corrected chi connectivity index (χ3v) is 2.67. The Morgan fingerprint density at radius 3 is 2.82 bits per heavy atom. The molecule has 0 saturated heterocycles. The van der Waals surface area contributed by atoms with E-state index in [0.717, 1.165) is 12.9 Å². The predicted octanol–water partition coefficient (Wildman–Crippen LogP) is 2.27. The van der Waals surface area contributed by atoms with Gasteiger partial charge < -0.3 is 14.2 Å². The smallest absolute Gasteiger partial charge is 0.189 e. The molecule has 4 nitrogen and oxygen atoms in total. The van der Waals surface area contributed by atoms with Crippen molar-refractivity contribution in [2.75, 3.05) is 20.5 Å². The van der Waals surface area contributed by atoms with Crippen molar-refractivity contribution in [1.82, 2.24) is 0 Å². The van der Waals surface area contributed by atoms with E-state index in [1.165, 1.54) is 12.8 Å². The molecule has 0 aromatic heterocycles. The van der Waals surface area contributed by atoms with Crippen molar-refractivity contribution in [2.24, 2.45) is 5.92 Å². The van der Waals surface area contributed by atoms with Crippen LogP contribution < -0.4 is 9.47 Å². The van der Waals surface area contributed by atoms with Crippen molar-refractivity contribution in [1.29, 1.82) is 0 Å². The van der Waals surface area contributed by atoms with Crippen molar-refractivity contribution >= 4 is 6.29 Å². The Labute approximate surface area is 100 Å². The first-order chi connectivity index (χ1) is 8.33. The van der Waals surface area contributed by atoms with Crippen molar-refractivity contribution in [2.45, 2.75) is 12.8 Å². The number of carbonyl (C=O) groups excluding carboxylic acids is 1. The molecule has 0 heterocycles. The zero-order chi connectivity index (χ0) is 12.1. The molecule has 0 unspecified atom stereocenters. The fourth-order valence-corrected chi connectivity index (χ4v) is 1.48. The highest BCUT2D eigenvalue weighted by Gasteiger charge is 2.21. The molecule has 2 rings (SSSR count). The van der Waals surface area contributed by atoms with Crippen LogP contribution in [0.15, 0.2) is 18.2 Å². The summed E-state index contributed by atoms with van der Waals surface area (Å²) in [4.78, 5) is 10.7. The maximum absolute atomic E-state index is 10.7. The second-order valence-electron chi connectivity index (χ2n) is 4.10. The van der Waals surface area contributed by atoms with Gasteiger partial charge in [0, 0.05) is 5.56 Å². The van der Waals surface area contributed by atoms with E-state index in [0.29, 0.717) is 23.0 Å². The lowest BCUT2D eigenvalue weighted by Gasteiger charge is -2.11. The highest BCUT2D eigenvalue weighted by molar-refractivity contribution is 5.76. The first-order valence-electron chi connectivity index (χ1n) is 5.67. The van der Waals surface area contributed by atoms with Crippen LogP contribution in [0.25, 0.3) is 0 Å². The Morgan fingerprint density at radius 2 is 2.18 bits per heavy atom. The number of aldehydes is 1. The van der Waals surface area contributed by atoms with Gasteiger partial charge in [-0.25, -0.2) is 0 Å². The van der Waals surface area contributed by atoms with Crippen molar-refractivity contribution in [3.63, 3.8) is 0 Å². The highest BCUT2D eigenvalue weighted by Crippen LogP contribution is 2.30. The molecule has 1 aliphatic carbocycles. The van der Waals surface area contributed by atoms with E-state index >= 15 is 0 Å². The summed E-state index contributed by atoms with van der Waals surface area (Å²) < 4.78 is 15.9. The van der Waals surface area contributed by atoms with Crippen molar-refractivity contribution in [3.05, 3.63) is 23.8 Å². The molecule has 17 heavy (non-hydrogen) atoms. The lowest BCUT2D eigenvalue weighted by molar-refractivity contribution is 0.00863. The van der Waals surface area contributed by atoms with Crippen LogP contribution in [0.1, 0.15) is 23.2 Å². The minimum Gasteiger partial charge on any atom is -0.493 e. The Bertz CT molecular complexity index is 385. The normalized spacial score (nSPS) is 14.4. The van der Waals surface area contributed by atoms with Gasteiger partial charge in [0.15, 0.2) is 18.3 Å². The van der Waals surface area contributed by atoms with E-state index in [1.807, 2.05) is 0 Å². The number of hydrogen-bond donors (Lipinski definition) is 0. The van der Waals surface area contributed by atoms with E-state index in [9.17, 15) is 4.79 Å². The van der Waals surface area contributed by atoms with Crippen LogP contribution in [0, 0.1) is 5.92 Å². The van der Waals surface area contributed by atoms with Gasteiger partial charge in [-0.05, 0) is 37.0 Å². The molecule has 0 spiro atoms. The minimum atomic E-state index is 0.190. The SMILES string of the molecule is COc1ccc(C=O)cc1OCOCC1CC1. The second-order valence-corrected chi connectivity index (χ2v) is 4.10. The average molecular weight is 236 g/mol. The largest absolute Gasteiger partial charge is 0.493 e. The minimum absolute atomic E-state index is 0.190. The molecule has 1 aromatic carbocycles. The maximum Gasteiger partial charge on any atom is 0.189 e. The van der Waals surface area contributed by atoms with Crippen LogP contribution in [-0.2, 0) is 4.74 Å². The third-order valence-electron chi connectivity index (χ3n) is 2.67. The molecule has 0 N–H and O–H groups in total. The van der Waals surface area contributed by atoms with Crippen LogP contribution in [0.3, 0.4) is 0 Å². The van der Waals surface area contributed by atoms with E-state index in [4.69, 9.17) is 14.2 Å². The van der Waals surface area contributed by atoms with Crippen molar-refractivity contribution < 1.29 is 19.0 Å². The molecule has 0 bridgehead atoms. The van der Waals surface area contributed by atoms with E-state index in [2.05, 4.69) is 0 Å². The first-order valence-corrected chi connectivity index (χ1v) is 5.67. The number of benzene rings is 1. The zero-order valence-electron chi connectivity index (χ0n) is 9.85. The average Bonchev–Trinajstić information content (AvgIpc) is 3.18. The summed E-state index contributed by atoms with van der Waals surface area (Å²) in [7, 11) is 1.56. The van der Waals surface area contributed by atoms with Crippen LogP contribution in [0.2, 0.25) is 0 Å². The standard InChI is InChI=1S/C13H16O4/c1-15-12-5-4-11(7-14)6-13(12)17-9-16-8-10-2-3-10/h4-7,10H,2-3,8-9H2,1H3. The van der Waals surface area contributed by atoms with Gasteiger partial charge in [-0.1, -0.05) is 0 Å². The molecule has 4 heteroatoms. The van der Waals surface area contributed by atoms with Crippen molar-refractivity contribution in [3.8, 4) is 11.5 Å². The summed E-state index contributed by atoms with van der Waals surface area (Å²) in [5.41, 5.74) is 0.558. The fraction of sp³-hybridized carbons (Fsp3) is 0.462. The Balaban J connectivity index is 1.89.